The van der Waals surface area contributed by atoms with Crippen LogP contribution in [-0.4, -0.2) is 72.8 Å². The van der Waals surface area contributed by atoms with Gasteiger partial charge < -0.3 is 34.2 Å². The van der Waals surface area contributed by atoms with Gasteiger partial charge in [0.1, 0.15) is 0 Å². The van der Waals surface area contributed by atoms with Crippen molar-refractivity contribution in [1.82, 2.24) is 14.8 Å². The number of carbonyl (C=O) groups excluding carboxylic acids is 2. The number of hydrogen-bond acceptors (Lipinski definition) is 8. The number of amides is 2. The predicted octanol–water partition coefficient (Wildman–Crippen LogP) is 3.66. The Hall–Kier alpha value is -3.41. The summed E-state index contributed by atoms with van der Waals surface area (Å²) in [5.74, 6) is 0.364. The van der Waals surface area contributed by atoms with Gasteiger partial charge in [0.05, 0.1) is 19.8 Å². The molecule has 0 radical (unpaired) electrons. The highest BCUT2D eigenvalue weighted by molar-refractivity contribution is 5.94. The largest absolute Gasteiger partial charge is 0.489 e. The van der Waals surface area contributed by atoms with E-state index in [0.717, 1.165) is 12.8 Å². The zero-order valence-corrected chi connectivity index (χ0v) is 20.4. The van der Waals surface area contributed by atoms with E-state index < -0.39 is 18.7 Å². The minimum absolute atomic E-state index is 0.0621. The number of nitrogens with two attached hydrogens (primary N) is 1. The molecule has 4 rings (SSSR count). The van der Waals surface area contributed by atoms with Crippen LogP contribution in [0.5, 0.6) is 11.5 Å². The molecule has 2 amide bonds. The number of oxazole rings is 1. The minimum atomic E-state index is -3.00. The second-order valence-corrected chi connectivity index (χ2v) is 9.08. The van der Waals surface area contributed by atoms with Gasteiger partial charge in [0, 0.05) is 31.2 Å². The Morgan fingerprint density at radius 3 is 2.61 bits per heavy atom. The average molecular weight is 509 g/mol. The number of alkyl halides is 2. The SMILES string of the molecule is COC(=O)N1CCN(C(=O)c2nc(-c3ccc(OC(F)F)c(OCC4CC4)c3)oc2[C@H](C)N)C[C@@H]1C. The number of piperazine rings is 1. The monoisotopic (exact) mass is 508 g/mol. The van der Waals surface area contributed by atoms with Gasteiger partial charge in [-0.2, -0.15) is 8.78 Å². The third-order valence-electron chi connectivity index (χ3n) is 6.17. The maximum absolute atomic E-state index is 13.4. The molecule has 196 valence electrons. The normalized spacial score (nSPS) is 18.8. The van der Waals surface area contributed by atoms with Crippen LogP contribution < -0.4 is 15.2 Å². The van der Waals surface area contributed by atoms with Crippen LogP contribution in [0.25, 0.3) is 11.5 Å². The molecule has 1 aliphatic heterocycles. The molecule has 0 spiro atoms. The van der Waals surface area contributed by atoms with Crippen molar-refractivity contribution in [3.63, 3.8) is 0 Å². The predicted molar refractivity (Wildman–Crippen MR) is 124 cm³/mol. The lowest BCUT2D eigenvalue weighted by Gasteiger charge is -2.38. The number of methoxy groups -OCH3 is 1. The van der Waals surface area contributed by atoms with Crippen LogP contribution in [0.1, 0.15) is 49.0 Å². The first-order valence-corrected chi connectivity index (χ1v) is 11.8. The molecule has 1 saturated heterocycles. The van der Waals surface area contributed by atoms with E-state index in [2.05, 4.69) is 9.72 Å². The van der Waals surface area contributed by atoms with Crippen molar-refractivity contribution in [3.05, 3.63) is 29.7 Å². The van der Waals surface area contributed by atoms with Gasteiger partial charge in [0.15, 0.2) is 23.0 Å². The Kier molecular flexibility index (Phi) is 7.62. The van der Waals surface area contributed by atoms with E-state index in [1.54, 1.807) is 16.7 Å². The quantitative estimate of drug-likeness (QED) is 0.574. The summed E-state index contributed by atoms with van der Waals surface area (Å²) in [5.41, 5.74) is 6.56. The smallest absolute Gasteiger partial charge is 0.409 e. The molecule has 1 aliphatic carbocycles. The van der Waals surface area contributed by atoms with Crippen molar-refractivity contribution in [1.29, 1.82) is 0 Å². The maximum Gasteiger partial charge on any atom is 0.409 e. The number of nitrogens with zero attached hydrogens (tertiary/aromatic N) is 3. The Morgan fingerprint density at radius 2 is 2.00 bits per heavy atom. The number of carbonyl (C=O) groups is 2. The van der Waals surface area contributed by atoms with Crippen LogP contribution in [-0.2, 0) is 4.74 Å². The van der Waals surface area contributed by atoms with E-state index in [4.69, 9.17) is 19.6 Å². The van der Waals surface area contributed by atoms with E-state index in [0.29, 0.717) is 24.6 Å². The van der Waals surface area contributed by atoms with Gasteiger partial charge in [-0.1, -0.05) is 0 Å². The van der Waals surface area contributed by atoms with Crippen molar-refractivity contribution in [2.24, 2.45) is 11.7 Å². The fourth-order valence-corrected chi connectivity index (χ4v) is 4.04. The van der Waals surface area contributed by atoms with Crippen LogP contribution in [0.3, 0.4) is 0 Å². The Morgan fingerprint density at radius 1 is 1.25 bits per heavy atom. The summed E-state index contributed by atoms with van der Waals surface area (Å²) in [4.78, 5) is 32.9. The van der Waals surface area contributed by atoms with Crippen molar-refractivity contribution in [2.45, 2.75) is 45.4 Å². The van der Waals surface area contributed by atoms with Gasteiger partial charge in [-0.15, -0.1) is 0 Å². The molecule has 2 aromatic rings. The first-order chi connectivity index (χ1) is 17.2. The molecule has 0 unspecified atom stereocenters. The van der Waals surface area contributed by atoms with E-state index in [1.807, 2.05) is 6.92 Å². The molecule has 0 bridgehead atoms. The number of rotatable bonds is 8. The molecule has 2 atom stereocenters. The zero-order valence-electron chi connectivity index (χ0n) is 20.4. The van der Waals surface area contributed by atoms with Crippen molar-refractivity contribution >= 4 is 12.0 Å². The minimum Gasteiger partial charge on any atom is -0.489 e. The Bertz CT molecular complexity index is 1100. The van der Waals surface area contributed by atoms with Crippen LogP contribution in [0, 0.1) is 5.92 Å². The molecule has 2 heterocycles. The van der Waals surface area contributed by atoms with Crippen LogP contribution in [0.2, 0.25) is 0 Å². The standard InChI is InChI=1S/C24H30F2N4O6/c1-13-11-29(8-9-30(13)24(32)33-3)22(31)19-20(14(2)27)36-21(28-19)16-6-7-17(35-23(25)26)18(10-16)34-12-15-4-5-15/h6-7,10,13-15,23H,4-5,8-9,11-12,27H2,1-3H3/t13-,14-/m0/s1. The summed E-state index contributed by atoms with van der Waals surface area (Å²) in [6.45, 7) is 1.76. The number of hydrogen-bond donors (Lipinski definition) is 1. The van der Waals surface area contributed by atoms with E-state index in [-0.39, 0.29) is 53.9 Å². The Labute approximate surface area is 207 Å². The summed E-state index contributed by atoms with van der Waals surface area (Å²) < 4.78 is 46.7. The highest BCUT2D eigenvalue weighted by atomic mass is 19.3. The molecule has 2 aliphatic rings. The van der Waals surface area contributed by atoms with Crippen molar-refractivity contribution in [3.8, 4) is 23.0 Å². The molecular formula is C24H30F2N4O6. The first kappa shape index (κ1) is 25.7. The van der Waals surface area contributed by atoms with Crippen molar-refractivity contribution < 1.29 is 37.0 Å². The molecule has 1 aromatic carbocycles. The molecule has 2 N–H and O–H groups in total. The van der Waals surface area contributed by atoms with Gasteiger partial charge in [-0.05, 0) is 50.8 Å². The summed E-state index contributed by atoms with van der Waals surface area (Å²) in [7, 11) is 1.31. The molecule has 36 heavy (non-hydrogen) atoms. The number of ether oxygens (including phenoxy) is 3. The first-order valence-electron chi connectivity index (χ1n) is 11.8. The molecular weight excluding hydrogens is 478 g/mol. The molecule has 12 heteroatoms. The van der Waals surface area contributed by atoms with Crippen molar-refractivity contribution in [2.75, 3.05) is 33.4 Å². The van der Waals surface area contributed by atoms with Gasteiger partial charge in [-0.3, -0.25) is 4.79 Å². The number of benzene rings is 1. The van der Waals surface area contributed by atoms with E-state index >= 15 is 0 Å². The number of halogens is 2. The summed E-state index contributed by atoms with van der Waals surface area (Å²) in [6.07, 6.45) is 1.61. The molecule has 1 saturated carbocycles. The fourth-order valence-electron chi connectivity index (χ4n) is 4.04. The van der Waals surface area contributed by atoms with Gasteiger partial charge in [0.2, 0.25) is 5.89 Å². The summed E-state index contributed by atoms with van der Waals surface area (Å²) in [6, 6.07) is 3.47. The number of aromatic nitrogens is 1. The van der Waals surface area contributed by atoms with Crippen LogP contribution in [0.4, 0.5) is 13.6 Å². The van der Waals surface area contributed by atoms with E-state index in [1.165, 1.54) is 25.3 Å². The van der Waals surface area contributed by atoms with Crippen LogP contribution >= 0.6 is 0 Å². The lowest BCUT2D eigenvalue weighted by molar-refractivity contribution is -0.0515. The Balaban J connectivity index is 1.59. The third kappa shape index (κ3) is 5.69. The topological polar surface area (TPSA) is 120 Å². The van der Waals surface area contributed by atoms with Gasteiger partial charge >= 0.3 is 12.7 Å². The zero-order chi connectivity index (χ0) is 26.0. The lowest BCUT2D eigenvalue weighted by Crippen LogP contribution is -2.55. The molecule has 10 nitrogen and oxygen atoms in total. The van der Waals surface area contributed by atoms with Crippen LogP contribution in [0.15, 0.2) is 22.6 Å². The maximum atomic E-state index is 13.4. The summed E-state index contributed by atoms with van der Waals surface area (Å²) >= 11 is 0. The second-order valence-electron chi connectivity index (χ2n) is 9.08. The fraction of sp³-hybridized carbons (Fsp3) is 0.542. The van der Waals surface area contributed by atoms with Gasteiger partial charge in [-0.25, -0.2) is 9.78 Å². The summed E-state index contributed by atoms with van der Waals surface area (Å²) in [5, 5.41) is 0. The molecule has 2 fully saturated rings. The average Bonchev–Trinajstić information content (AvgIpc) is 3.57. The van der Waals surface area contributed by atoms with E-state index in [9.17, 15) is 18.4 Å². The lowest BCUT2D eigenvalue weighted by atomic mass is 10.1. The molecule has 1 aromatic heterocycles. The third-order valence-corrected chi connectivity index (χ3v) is 6.17. The highest BCUT2D eigenvalue weighted by Gasteiger charge is 2.34. The highest BCUT2D eigenvalue weighted by Crippen LogP contribution is 2.37. The second kappa shape index (κ2) is 10.7. The van der Waals surface area contributed by atoms with Gasteiger partial charge in [0.25, 0.3) is 5.91 Å².